The van der Waals surface area contributed by atoms with Crippen LogP contribution >= 0.6 is 0 Å². The zero-order chi connectivity index (χ0) is 39.9. The highest BCUT2D eigenvalue weighted by Crippen LogP contribution is 2.34. The van der Waals surface area contributed by atoms with Gasteiger partial charge in [-0.05, 0) is 30.0 Å². The number of benzene rings is 1. The molecule has 0 saturated carbocycles. The summed E-state index contributed by atoms with van der Waals surface area (Å²) < 4.78 is 45.4. The molecule has 3 N–H and O–H groups in total. The van der Waals surface area contributed by atoms with Crippen LogP contribution in [0.2, 0.25) is 0 Å². The fraction of sp³-hybridized carbons (Fsp3) is 0.622. The van der Waals surface area contributed by atoms with Crippen molar-refractivity contribution < 1.29 is 61.9 Å². The maximum Gasteiger partial charge on any atom is 0.314 e. The number of aromatic amines is 1. The number of carbonyl (C=O) groups is 5. The number of carbonyl (C=O) groups excluding carboxylic acids is 5. The van der Waals surface area contributed by atoms with Crippen LogP contribution in [0, 0.1) is 0 Å². The SMILES string of the molecule is CC(=O)OC[C@H]1OC(Oc2n[nH]c(C(C)C)c2Cc2ccc(OCCCNC(=O)NCCN3CCOCC3)cc2)[C@H](OC(C)=O)[C@@H](OC(C)=O)[C@@H]1OC(C)=O. The Kier molecular flexibility index (Phi) is 16.5. The van der Waals surface area contributed by atoms with E-state index in [2.05, 4.69) is 25.7 Å². The summed E-state index contributed by atoms with van der Waals surface area (Å²) in [5.41, 5.74) is 2.36. The summed E-state index contributed by atoms with van der Waals surface area (Å²) in [6.45, 7) is 13.6. The van der Waals surface area contributed by atoms with Crippen LogP contribution in [0.1, 0.15) is 70.7 Å². The molecule has 2 aliphatic rings. The van der Waals surface area contributed by atoms with Crippen molar-refractivity contribution in [3.8, 4) is 11.6 Å². The predicted molar refractivity (Wildman–Crippen MR) is 193 cm³/mol. The summed E-state index contributed by atoms with van der Waals surface area (Å²) >= 11 is 0. The van der Waals surface area contributed by atoms with Crippen molar-refractivity contribution in [2.24, 2.45) is 0 Å². The van der Waals surface area contributed by atoms with E-state index < -0.39 is 61.2 Å². The normalized spacial score (nSPS) is 21.3. The van der Waals surface area contributed by atoms with Gasteiger partial charge in [0, 0.05) is 78.1 Å². The lowest BCUT2D eigenvalue weighted by Crippen LogP contribution is -2.63. The van der Waals surface area contributed by atoms with Gasteiger partial charge in [0.05, 0.1) is 19.8 Å². The Morgan fingerprint density at radius 2 is 1.51 bits per heavy atom. The summed E-state index contributed by atoms with van der Waals surface area (Å²) in [6, 6.07) is 7.29. The number of morpholine rings is 1. The molecule has 3 heterocycles. The Morgan fingerprint density at radius 1 is 0.873 bits per heavy atom. The molecule has 2 aromatic rings. The third-order valence-corrected chi connectivity index (χ3v) is 8.61. The van der Waals surface area contributed by atoms with Gasteiger partial charge in [-0.15, -0.1) is 5.10 Å². The first kappa shape index (κ1) is 42.8. The lowest BCUT2D eigenvalue weighted by molar-refractivity contribution is -0.289. The molecule has 2 fully saturated rings. The van der Waals surface area contributed by atoms with Crippen LogP contribution in [0.5, 0.6) is 11.6 Å². The van der Waals surface area contributed by atoms with Crippen LogP contribution in [0.25, 0.3) is 0 Å². The van der Waals surface area contributed by atoms with Gasteiger partial charge in [0.25, 0.3) is 0 Å². The highest BCUT2D eigenvalue weighted by molar-refractivity contribution is 5.73. The highest BCUT2D eigenvalue weighted by Gasteiger charge is 2.53. The monoisotopic (exact) mass is 775 g/mol. The van der Waals surface area contributed by atoms with Crippen molar-refractivity contribution in [3.63, 3.8) is 0 Å². The Hall–Kier alpha value is -4.94. The van der Waals surface area contributed by atoms with E-state index in [1.807, 2.05) is 38.1 Å². The molecule has 4 rings (SSSR count). The number of rotatable bonds is 18. The van der Waals surface area contributed by atoms with E-state index in [-0.39, 0.29) is 17.8 Å². The Balaban J connectivity index is 1.40. The van der Waals surface area contributed by atoms with Gasteiger partial charge in [-0.1, -0.05) is 26.0 Å². The molecule has 2 amide bonds. The second-order valence-corrected chi connectivity index (χ2v) is 13.4. The minimum absolute atomic E-state index is 0.00156. The predicted octanol–water partition coefficient (Wildman–Crippen LogP) is 1.99. The first-order chi connectivity index (χ1) is 26.3. The molecule has 0 spiro atoms. The van der Waals surface area contributed by atoms with Crippen molar-refractivity contribution >= 4 is 29.9 Å². The van der Waals surface area contributed by atoms with E-state index in [0.717, 1.165) is 64.9 Å². The van der Waals surface area contributed by atoms with Gasteiger partial charge in [0.15, 0.2) is 12.2 Å². The number of H-pyrrole nitrogens is 1. The smallest absolute Gasteiger partial charge is 0.314 e. The summed E-state index contributed by atoms with van der Waals surface area (Å²) in [4.78, 5) is 62.7. The van der Waals surface area contributed by atoms with Crippen molar-refractivity contribution in [1.29, 1.82) is 0 Å². The van der Waals surface area contributed by atoms with E-state index >= 15 is 0 Å². The average Bonchev–Trinajstić information content (AvgIpc) is 3.52. The molecule has 18 nitrogen and oxygen atoms in total. The summed E-state index contributed by atoms with van der Waals surface area (Å²) in [5, 5.41) is 13.1. The van der Waals surface area contributed by atoms with Gasteiger partial charge >= 0.3 is 29.9 Å². The average molecular weight is 776 g/mol. The molecule has 1 unspecified atom stereocenters. The van der Waals surface area contributed by atoms with Crippen molar-refractivity contribution in [2.45, 2.75) is 91.0 Å². The quantitative estimate of drug-likeness (QED) is 0.112. The summed E-state index contributed by atoms with van der Waals surface area (Å²) in [5.74, 6) is -2.09. The van der Waals surface area contributed by atoms with Crippen LogP contribution in [-0.2, 0) is 54.0 Å². The van der Waals surface area contributed by atoms with Crippen molar-refractivity contribution in [1.82, 2.24) is 25.7 Å². The third-order valence-electron chi connectivity index (χ3n) is 8.61. The molecule has 5 atom stereocenters. The van der Waals surface area contributed by atoms with Crippen LogP contribution in [-0.4, -0.2) is 135 Å². The van der Waals surface area contributed by atoms with Crippen LogP contribution in [0.4, 0.5) is 4.79 Å². The molecular formula is C37H53N5O13. The molecule has 55 heavy (non-hydrogen) atoms. The highest BCUT2D eigenvalue weighted by atomic mass is 16.7. The number of ether oxygens (including phenoxy) is 8. The standard InChI is InChI=1S/C37H53N5O13/c1-22(2)31-29(20-27-8-10-28(11-9-27)49-17-7-12-38-37(47)39-13-14-42-15-18-48-19-16-42)35(41-40-31)55-36-34(53-26(6)46)33(52-25(5)45)32(51-24(4)44)30(54-36)21-50-23(3)43/h8-11,22,30,32-34,36H,7,12-21H2,1-6H3,(H,40,41)(H2,38,39,47)/t30-,32-,33+,34-,36?/m1/s1. The van der Waals surface area contributed by atoms with Gasteiger partial charge in [0.1, 0.15) is 18.5 Å². The molecular weight excluding hydrogens is 722 g/mol. The van der Waals surface area contributed by atoms with Crippen molar-refractivity contribution in [2.75, 3.05) is 59.2 Å². The van der Waals surface area contributed by atoms with E-state index in [1.54, 1.807) is 0 Å². The first-order valence-electron chi connectivity index (χ1n) is 18.4. The fourth-order valence-corrected chi connectivity index (χ4v) is 6.09. The number of amides is 2. The molecule has 0 radical (unpaired) electrons. The zero-order valence-electron chi connectivity index (χ0n) is 32.3. The molecule has 304 valence electrons. The van der Waals surface area contributed by atoms with Gasteiger partial charge in [0.2, 0.25) is 18.3 Å². The van der Waals surface area contributed by atoms with E-state index in [0.29, 0.717) is 43.9 Å². The molecule has 0 bridgehead atoms. The van der Waals surface area contributed by atoms with E-state index in [4.69, 9.17) is 37.9 Å². The molecule has 1 aromatic heterocycles. The number of nitrogens with zero attached hydrogens (tertiary/aromatic N) is 2. The first-order valence-corrected chi connectivity index (χ1v) is 18.4. The van der Waals surface area contributed by atoms with E-state index in [1.165, 1.54) is 6.92 Å². The lowest BCUT2D eigenvalue weighted by Gasteiger charge is -2.43. The number of esters is 4. The van der Waals surface area contributed by atoms with Gasteiger partial charge in [-0.25, -0.2) is 4.79 Å². The molecule has 18 heteroatoms. The second-order valence-electron chi connectivity index (χ2n) is 13.4. The Labute approximate surface area is 320 Å². The van der Waals surface area contributed by atoms with Crippen LogP contribution in [0.15, 0.2) is 24.3 Å². The summed E-state index contributed by atoms with van der Waals surface area (Å²) in [7, 11) is 0. The second kappa shape index (κ2) is 21.2. The van der Waals surface area contributed by atoms with Crippen LogP contribution < -0.4 is 20.1 Å². The van der Waals surface area contributed by atoms with Crippen LogP contribution in [0.3, 0.4) is 0 Å². The van der Waals surface area contributed by atoms with Gasteiger partial charge < -0.3 is 48.5 Å². The lowest BCUT2D eigenvalue weighted by atomic mass is 9.97. The number of hydrogen-bond acceptors (Lipinski definition) is 15. The fourth-order valence-electron chi connectivity index (χ4n) is 6.09. The molecule has 1 aromatic carbocycles. The van der Waals surface area contributed by atoms with Gasteiger partial charge in [-0.3, -0.25) is 29.2 Å². The number of aromatic nitrogens is 2. The molecule has 2 saturated heterocycles. The summed E-state index contributed by atoms with van der Waals surface area (Å²) in [6.07, 6.45) is -5.74. The van der Waals surface area contributed by atoms with Crippen molar-refractivity contribution in [3.05, 3.63) is 41.1 Å². The maximum absolute atomic E-state index is 12.3. The zero-order valence-corrected chi connectivity index (χ0v) is 32.3. The number of hydrogen-bond donors (Lipinski definition) is 3. The Morgan fingerprint density at radius 3 is 2.15 bits per heavy atom. The molecule has 0 aliphatic carbocycles. The minimum Gasteiger partial charge on any atom is -0.494 e. The minimum atomic E-state index is -1.44. The molecule has 2 aliphatic heterocycles. The van der Waals surface area contributed by atoms with Gasteiger partial charge in [-0.2, -0.15) is 0 Å². The largest absolute Gasteiger partial charge is 0.494 e. The number of nitrogens with one attached hydrogen (secondary N) is 3. The topological polar surface area (TPSA) is 215 Å². The third kappa shape index (κ3) is 13.7. The van der Waals surface area contributed by atoms with E-state index in [9.17, 15) is 24.0 Å². The number of urea groups is 1. The Bertz CT molecular complexity index is 1580. The maximum atomic E-state index is 12.3.